The van der Waals surface area contributed by atoms with Crippen LogP contribution in [-0.2, 0) is 4.74 Å². The maximum absolute atomic E-state index is 9.81. The molecule has 4 rings (SSSR count). The second-order valence-electron chi connectivity index (χ2n) is 4.84. The Hall–Kier alpha value is -2.03. The monoisotopic (exact) mass is 275 g/mol. The van der Waals surface area contributed by atoms with E-state index in [1.54, 1.807) is 23.4 Å². The summed E-state index contributed by atoms with van der Waals surface area (Å²) in [6, 6.07) is 0. The second kappa shape index (κ2) is 4.23. The summed E-state index contributed by atoms with van der Waals surface area (Å²) in [7, 11) is 0. The van der Waals surface area contributed by atoms with E-state index in [0.717, 1.165) is 11.0 Å². The summed E-state index contributed by atoms with van der Waals surface area (Å²) in [6.07, 6.45) is 5.55. The number of imidazole rings is 1. The highest BCUT2D eigenvalue weighted by atomic mass is 16.5. The lowest BCUT2D eigenvalue weighted by Gasteiger charge is -2.12. The van der Waals surface area contributed by atoms with Gasteiger partial charge in [0.15, 0.2) is 17.5 Å². The Bertz CT molecular complexity index is 767. The summed E-state index contributed by atoms with van der Waals surface area (Å²) in [5.41, 5.74) is 1.43. The highest BCUT2D eigenvalue weighted by Crippen LogP contribution is 2.30. The molecule has 0 bridgehead atoms. The molecule has 0 saturated carbocycles. The van der Waals surface area contributed by atoms with Crippen LogP contribution in [0, 0.1) is 0 Å². The Labute approximate surface area is 113 Å². The predicted octanol–water partition coefficient (Wildman–Crippen LogP) is -0.280. The van der Waals surface area contributed by atoms with Crippen LogP contribution in [0.15, 0.2) is 24.9 Å². The maximum Gasteiger partial charge on any atom is 0.165 e. The maximum atomic E-state index is 9.81. The van der Waals surface area contributed by atoms with Crippen LogP contribution in [0.4, 0.5) is 0 Å². The number of nitrogens with zero attached hydrogens (tertiary/aromatic N) is 5. The molecule has 3 atom stereocenters. The molecule has 0 spiro atoms. The van der Waals surface area contributed by atoms with E-state index >= 15 is 0 Å². The van der Waals surface area contributed by atoms with Gasteiger partial charge in [-0.15, -0.1) is 0 Å². The van der Waals surface area contributed by atoms with Crippen molar-refractivity contribution in [1.82, 2.24) is 24.1 Å². The van der Waals surface area contributed by atoms with E-state index < -0.39 is 18.4 Å². The zero-order valence-electron chi connectivity index (χ0n) is 10.5. The van der Waals surface area contributed by atoms with Crippen molar-refractivity contribution in [2.24, 2.45) is 0 Å². The van der Waals surface area contributed by atoms with Crippen LogP contribution in [0.25, 0.3) is 16.7 Å². The Kier molecular flexibility index (Phi) is 2.49. The van der Waals surface area contributed by atoms with E-state index in [4.69, 9.17) is 9.84 Å². The molecule has 1 aliphatic rings. The van der Waals surface area contributed by atoms with Crippen molar-refractivity contribution in [3.63, 3.8) is 0 Å². The molecule has 104 valence electrons. The van der Waals surface area contributed by atoms with Crippen molar-refractivity contribution in [3.8, 4) is 0 Å². The Morgan fingerprint density at radius 1 is 1.35 bits per heavy atom. The Morgan fingerprint density at radius 2 is 2.25 bits per heavy atom. The largest absolute Gasteiger partial charge is 0.394 e. The molecule has 0 aliphatic carbocycles. The average Bonchev–Trinajstić information content (AvgIpc) is 3.13. The SMILES string of the molecule is OC[C@H]1O[C@@H](n2ncc3c2ncn2ccnc32)C[C@@H]1O. The molecule has 0 amide bonds. The lowest BCUT2D eigenvalue weighted by Crippen LogP contribution is -2.24. The average molecular weight is 275 g/mol. The molecule has 8 heteroatoms. The topological polar surface area (TPSA) is 97.7 Å². The highest BCUT2D eigenvalue weighted by molar-refractivity contribution is 5.88. The number of fused-ring (bicyclic) bond motifs is 3. The third-order valence-corrected chi connectivity index (χ3v) is 3.64. The van der Waals surface area contributed by atoms with Gasteiger partial charge in [-0.05, 0) is 0 Å². The molecule has 1 saturated heterocycles. The summed E-state index contributed by atoms with van der Waals surface area (Å²) in [5, 5.41) is 24.1. The molecular weight excluding hydrogens is 262 g/mol. The molecule has 3 aromatic heterocycles. The van der Waals surface area contributed by atoms with Crippen molar-refractivity contribution in [3.05, 3.63) is 24.9 Å². The predicted molar refractivity (Wildman–Crippen MR) is 67.9 cm³/mol. The summed E-state index contributed by atoms with van der Waals surface area (Å²) >= 11 is 0. The van der Waals surface area contributed by atoms with Gasteiger partial charge in [0, 0.05) is 18.8 Å². The third-order valence-electron chi connectivity index (χ3n) is 3.64. The normalized spacial score (nSPS) is 26.8. The quantitative estimate of drug-likeness (QED) is 0.667. The number of ether oxygens (including phenoxy) is 1. The molecule has 0 unspecified atom stereocenters. The van der Waals surface area contributed by atoms with Gasteiger partial charge in [0.1, 0.15) is 12.4 Å². The fourth-order valence-corrected chi connectivity index (χ4v) is 2.61. The van der Waals surface area contributed by atoms with Gasteiger partial charge < -0.3 is 14.9 Å². The molecular formula is C12H13N5O3. The van der Waals surface area contributed by atoms with Gasteiger partial charge in [0.2, 0.25) is 0 Å². The number of aliphatic hydroxyl groups is 2. The first-order valence-corrected chi connectivity index (χ1v) is 6.37. The van der Waals surface area contributed by atoms with E-state index in [1.165, 1.54) is 0 Å². The fourth-order valence-electron chi connectivity index (χ4n) is 2.61. The van der Waals surface area contributed by atoms with Gasteiger partial charge >= 0.3 is 0 Å². The second-order valence-corrected chi connectivity index (χ2v) is 4.84. The van der Waals surface area contributed by atoms with E-state index in [1.807, 2.05) is 10.6 Å². The Balaban J connectivity index is 1.81. The van der Waals surface area contributed by atoms with Crippen molar-refractivity contribution in [2.45, 2.75) is 24.9 Å². The van der Waals surface area contributed by atoms with E-state index in [0.29, 0.717) is 12.1 Å². The van der Waals surface area contributed by atoms with Crippen molar-refractivity contribution >= 4 is 16.7 Å². The summed E-state index contributed by atoms with van der Waals surface area (Å²) in [4.78, 5) is 8.63. The third kappa shape index (κ3) is 1.56. The van der Waals surface area contributed by atoms with Crippen LogP contribution < -0.4 is 0 Å². The highest BCUT2D eigenvalue weighted by Gasteiger charge is 2.35. The molecule has 20 heavy (non-hydrogen) atoms. The van der Waals surface area contributed by atoms with E-state index in [2.05, 4.69) is 15.1 Å². The van der Waals surface area contributed by atoms with E-state index in [-0.39, 0.29) is 6.61 Å². The van der Waals surface area contributed by atoms with Gasteiger partial charge in [-0.1, -0.05) is 0 Å². The van der Waals surface area contributed by atoms with Gasteiger partial charge in [0.25, 0.3) is 0 Å². The van der Waals surface area contributed by atoms with Crippen molar-refractivity contribution in [2.75, 3.05) is 6.61 Å². The number of aromatic nitrogens is 5. The van der Waals surface area contributed by atoms with Gasteiger partial charge in [-0.3, -0.25) is 4.40 Å². The van der Waals surface area contributed by atoms with E-state index in [9.17, 15) is 5.11 Å². The van der Waals surface area contributed by atoms with Crippen LogP contribution in [0.5, 0.6) is 0 Å². The zero-order chi connectivity index (χ0) is 13.7. The minimum atomic E-state index is -0.695. The van der Waals surface area contributed by atoms with Gasteiger partial charge in [-0.2, -0.15) is 5.10 Å². The molecule has 3 aromatic rings. The van der Waals surface area contributed by atoms with Crippen LogP contribution in [-0.4, -0.2) is 53.2 Å². The summed E-state index contributed by atoms with van der Waals surface area (Å²) in [6.45, 7) is -0.213. The number of hydrogen-bond donors (Lipinski definition) is 2. The molecule has 1 fully saturated rings. The minimum Gasteiger partial charge on any atom is -0.394 e. The van der Waals surface area contributed by atoms with Crippen LogP contribution >= 0.6 is 0 Å². The fraction of sp³-hybridized carbons (Fsp3) is 0.417. The molecule has 1 aliphatic heterocycles. The summed E-state index contributed by atoms with van der Waals surface area (Å²) in [5.74, 6) is 0. The van der Waals surface area contributed by atoms with Crippen LogP contribution in [0.3, 0.4) is 0 Å². The van der Waals surface area contributed by atoms with Gasteiger partial charge in [-0.25, -0.2) is 14.6 Å². The molecule has 0 aromatic carbocycles. The summed E-state index contributed by atoms with van der Waals surface area (Å²) < 4.78 is 9.04. The van der Waals surface area contributed by atoms with Gasteiger partial charge in [0.05, 0.1) is 24.3 Å². The first-order chi connectivity index (χ1) is 9.78. The lowest BCUT2D eigenvalue weighted by atomic mass is 10.2. The number of hydrogen-bond acceptors (Lipinski definition) is 6. The molecule has 2 N–H and O–H groups in total. The van der Waals surface area contributed by atoms with Crippen molar-refractivity contribution < 1.29 is 14.9 Å². The molecule has 8 nitrogen and oxygen atoms in total. The van der Waals surface area contributed by atoms with Crippen LogP contribution in [0.1, 0.15) is 12.6 Å². The number of rotatable bonds is 2. The smallest absolute Gasteiger partial charge is 0.165 e. The minimum absolute atomic E-state index is 0.213. The Morgan fingerprint density at radius 3 is 3.05 bits per heavy atom. The standard InChI is InChI=1S/C12H13N5O3/c18-5-9-8(19)3-10(20-9)17-12-7(4-15-17)11-13-1-2-16(11)6-14-12/h1-2,4,6,8-10,18-19H,3,5H2/t8-,9+,10+/m0/s1. The lowest BCUT2D eigenvalue weighted by molar-refractivity contribution is -0.0470. The van der Waals surface area contributed by atoms with Crippen molar-refractivity contribution in [1.29, 1.82) is 0 Å². The molecule has 4 heterocycles. The first kappa shape index (κ1) is 11.8. The molecule has 0 radical (unpaired) electrons. The number of aliphatic hydroxyl groups excluding tert-OH is 2. The first-order valence-electron chi connectivity index (χ1n) is 6.37. The zero-order valence-corrected chi connectivity index (χ0v) is 10.5. The van der Waals surface area contributed by atoms with Crippen LogP contribution in [0.2, 0.25) is 0 Å².